The molecular formula is C20H23F3N2O6. The van der Waals surface area contributed by atoms with E-state index in [-0.39, 0.29) is 31.7 Å². The molecular weight excluding hydrogens is 421 g/mol. The van der Waals surface area contributed by atoms with Crippen LogP contribution in [-0.4, -0.2) is 60.6 Å². The van der Waals surface area contributed by atoms with Gasteiger partial charge in [0.15, 0.2) is 18.5 Å². The lowest BCUT2D eigenvalue weighted by molar-refractivity contribution is -0.163. The van der Waals surface area contributed by atoms with Gasteiger partial charge in [0.05, 0.1) is 5.92 Å². The highest BCUT2D eigenvalue weighted by atomic mass is 19.4. The van der Waals surface area contributed by atoms with Crippen molar-refractivity contribution in [1.29, 1.82) is 0 Å². The molecule has 1 aliphatic rings. The van der Waals surface area contributed by atoms with Crippen LogP contribution in [0.1, 0.15) is 37.0 Å². The minimum absolute atomic E-state index is 0.0412. The molecule has 1 fully saturated rings. The number of ketones is 1. The van der Waals surface area contributed by atoms with Crippen LogP contribution in [-0.2, 0) is 19.1 Å². The minimum Gasteiger partial charge on any atom is -0.452 e. The van der Waals surface area contributed by atoms with Gasteiger partial charge >= 0.3 is 18.2 Å². The van der Waals surface area contributed by atoms with E-state index in [1.807, 2.05) is 0 Å². The predicted molar refractivity (Wildman–Crippen MR) is 102 cm³/mol. The molecule has 0 radical (unpaired) electrons. The molecule has 1 saturated heterocycles. The van der Waals surface area contributed by atoms with Crippen LogP contribution < -0.4 is 5.32 Å². The maximum atomic E-state index is 12.3. The highest BCUT2D eigenvalue weighted by Crippen LogP contribution is 2.21. The summed E-state index contributed by atoms with van der Waals surface area (Å²) in [6.45, 7) is 1.24. The van der Waals surface area contributed by atoms with Crippen molar-refractivity contribution < 1.29 is 41.8 Å². The summed E-state index contributed by atoms with van der Waals surface area (Å²) in [5.41, 5.74) is 0.926. The van der Waals surface area contributed by atoms with Crippen molar-refractivity contribution >= 4 is 29.4 Å². The van der Waals surface area contributed by atoms with Crippen molar-refractivity contribution in [2.75, 3.05) is 25.0 Å². The summed E-state index contributed by atoms with van der Waals surface area (Å²) in [6.07, 6.45) is -6.42. The maximum Gasteiger partial charge on any atom is 0.422 e. The smallest absolute Gasteiger partial charge is 0.422 e. The summed E-state index contributed by atoms with van der Waals surface area (Å²) < 4.78 is 45.7. The van der Waals surface area contributed by atoms with Gasteiger partial charge in [-0.15, -0.1) is 0 Å². The zero-order chi connectivity index (χ0) is 23.2. The molecule has 31 heavy (non-hydrogen) atoms. The summed E-state index contributed by atoms with van der Waals surface area (Å²) in [6, 6.07) is 6.22. The first kappa shape index (κ1) is 24.2. The Kier molecular flexibility index (Phi) is 8.01. The number of amides is 2. The Labute approximate surface area is 176 Å². The van der Waals surface area contributed by atoms with Gasteiger partial charge in [0, 0.05) is 24.3 Å². The third kappa shape index (κ3) is 7.58. The van der Waals surface area contributed by atoms with Crippen LogP contribution in [0.15, 0.2) is 24.3 Å². The third-order valence-electron chi connectivity index (χ3n) is 4.67. The van der Waals surface area contributed by atoms with Gasteiger partial charge in [-0.2, -0.15) is 13.2 Å². The van der Waals surface area contributed by atoms with Crippen molar-refractivity contribution in [2.24, 2.45) is 5.92 Å². The van der Waals surface area contributed by atoms with E-state index in [0.717, 1.165) is 4.90 Å². The number of hydrogen-bond donors (Lipinski definition) is 1. The summed E-state index contributed by atoms with van der Waals surface area (Å²) in [4.78, 5) is 48.5. The van der Waals surface area contributed by atoms with Crippen LogP contribution in [0.5, 0.6) is 0 Å². The Balaban J connectivity index is 1.78. The Bertz CT molecular complexity index is 817. The second kappa shape index (κ2) is 10.3. The Hall–Kier alpha value is -3.11. The molecule has 1 atom stereocenters. The minimum atomic E-state index is -4.61. The van der Waals surface area contributed by atoms with Crippen molar-refractivity contribution in [1.82, 2.24) is 4.90 Å². The van der Waals surface area contributed by atoms with E-state index in [2.05, 4.69) is 10.1 Å². The largest absolute Gasteiger partial charge is 0.452 e. The lowest BCUT2D eigenvalue weighted by Gasteiger charge is -2.30. The number of carbonyl (C=O) groups is 4. The third-order valence-corrected chi connectivity index (χ3v) is 4.67. The average molecular weight is 444 g/mol. The van der Waals surface area contributed by atoms with Gasteiger partial charge < -0.3 is 19.7 Å². The van der Waals surface area contributed by atoms with E-state index < -0.39 is 42.8 Å². The van der Waals surface area contributed by atoms with E-state index in [0.29, 0.717) is 11.3 Å². The first-order valence-corrected chi connectivity index (χ1v) is 9.57. The molecule has 0 spiro atoms. The van der Waals surface area contributed by atoms with E-state index in [1.165, 1.54) is 13.8 Å². The molecule has 2 amide bonds. The number of anilines is 1. The topological polar surface area (TPSA) is 102 Å². The molecule has 1 aliphatic heterocycles. The first-order chi connectivity index (χ1) is 14.5. The number of halogens is 3. The van der Waals surface area contributed by atoms with Crippen molar-refractivity contribution in [3.8, 4) is 0 Å². The number of rotatable bonds is 6. The Morgan fingerprint density at radius 2 is 1.71 bits per heavy atom. The van der Waals surface area contributed by atoms with Crippen LogP contribution >= 0.6 is 0 Å². The van der Waals surface area contributed by atoms with Crippen LogP contribution in [0.2, 0.25) is 0 Å². The summed E-state index contributed by atoms with van der Waals surface area (Å²) in [7, 11) is 0. The quantitative estimate of drug-likeness (QED) is 0.534. The highest BCUT2D eigenvalue weighted by Gasteiger charge is 2.34. The predicted octanol–water partition coefficient (Wildman–Crippen LogP) is 3.17. The molecule has 1 unspecified atom stereocenters. The number of likely N-dealkylation sites (tertiary alicyclic amines) is 1. The van der Waals surface area contributed by atoms with E-state index in [1.54, 1.807) is 24.3 Å². The fourth-order valence-corrected chi connectivity index (χ4v) is 2.89. The number of esters is 1. The lowest BCUT2D eigenvalue weighted by Crippen LogP contribution is -2.42. The molecule has 0 aromatic heterocycles. The second-order valence-electron chi connectivity index (χ2n) is 7.13. The summed E-state index contributed by atoms with van der Waals surface area (Å²) >= 11 is 0. The number of hydrogen-bond acceptors (Lipinski definition) is 6. The molecule has 1 aromatic rings. The van der Waals surface area contributed by atoms with Crippen LogP contribution in [0.25, 0.3) is 0 Å². The van der Waals surface area contributed by atoms with Crippen LogP contribution in [0, 0.1) is 5.92 Å². The van der Waals surface area contributed by atoms with Crippen molar-refractivity contribution in [2.45, 2.75) is 39.0 Å². The number of ether oxygens (including phenoxy) is 2. The number of Topliss-reactive ketones (excluding diaryl/α,β-unsaturated/α-hetero) is 1. The van der Waals surface area contributed by atoms with Gasteiger partial charge in [0.25, 0.3) is 5.91 Å². The SMILES string of the molecule is CC(=O)c1ccc(NC(=O)C(C)OC(=O)C2CCN(C(=O)OCC(F)(F)F)CC2)cc1. The molecule has 0 aliphatic carbocycles. The average Bonchev–Trinajstić information content (AvgIpc) is 2.71. The van der Waals surface area contributed by atoms with Gasteiger partial charge in [0.2, 0.25) is 0 Å². The monoisotopic (exact) mass is 444 g/mol. The Morgan fingerprint density at radius 1 is 1.13 bits per heavy atom. The first-order valence-electron chi connectivity index (χ1n) is 9.57. The number of nitrogens with one attached hydrogen (secondary N) is 1. The lowest BCUT2D eigenvalue weighted by atomic mass is 9.97. The number of carbonyl (C=O) groups excluding carboxylic acids is 4. The van der Waals surface area contributed by atoms with E-state index in [4.69, 9.17) is 4.74 Å². The van der Waals surface area contributed by atoms with Crippen LogP contribution in [0.3, 0.4) is 0 Å². The van der Waals surface area contributed by atoms with Gasteiger partial charge in [-0.05, 0) is 51.0 Å². The van der Waals surface area contributed by atoms with Crippen molar-refractivity contribution in [3.05, 3.63) is 29.8 Å². The van der Waals surface area contributed by atoms with E-state index in [9.17, 15) is 32.3 Å². The molecule has 1 N–H and O–H groups in total. The van der Waals surface area contributed by atoms with Gasteiger partial charge in [-0.3, -0.25) is 14.4 Å². The molecule has 8 nitrogen and oxygen atoms in total. The normalized spacial score (nSPS) is 15.7. The number of piperidine rings is 1. The van der Waals surface area contributed by atoms with Crippen molar-refractivity contribution in [3.63, 3.8) is 0 Å². The van der Waals surface area contributed by atoms with Gasteiger partial charge in [-0.1, -0.05) is 0 Å². The van der Waals surface area contributed by atoms with Crippen LogP contribution in [0.4, 0.5) is 23.7 Å². The molecule has 1 aromatic carbocycles. The highest BCUT2D eigenvalue weighted by molar-refractivity contribution is 5.97. The van der Waals surface area contributed by atoms with E-state index >= 15 is 0 Å². The zero-order valence-electron chi connectivity index (χ0n) is 17.0. The summed E-state index contributed by atoms with van der Waals surface area (Å²) in [5, 5.41) is 2.58. The summed E-state index contributed by atoms with van der Waals surface area (Å²) in [5.74, 6) is -1.88. The zero-order valence-corrected chi connectivity index (χ0v) is 17.0. The molecule has 1 heterocycles. The maximum absolute atomic E-state index is 12.3. The molecule has 170 valence electrons. The second-order valence-corrected chi connectivity index (χ2v) is 7.13. The fraction of sp³-hybridized carbons (Fsp3) is 0.500. The number of benzene rings is 1. The fourth-order valence-electron chi connectivity index (χ4n) is 2.89. The molecule has 11 heteroatoms. The molecule has 0 saturated carbocycles. The molecule has 2 rings (SSSR count). The van der Waals surface area contributed by atoms with Gasteiger partial charge in [0.1, 0.15) is 0 Å². The molecule has 0 bridgehead atoms. The number of alkyl halides is 3. The number of nitrogens with zero attached hydrogens (tertiary/aromatic N) is 1. The van der Waals surface area contributed by atoms with Gasteiger partial charge in [-0.25, -0.2) is 4.79 Å². The Morgan fingerprint density at radius 3 is 2.23 bits per heavy atom. The standard InChI is InChI=1S/C20H23F3N2O6/c1-12(26)14-3-5-16(6-4-14)24-17(27)13(2)31-18(28)15-7-9-25(10-8-15)19(29)30-11-20(21,22)23/h3-6,13,15H,7-11H2,1-2H3,(H,24,27).